The number of benzene rings is 1. The molecule has 1 saturated heterocycles. The summed E-state index contributed by atoms with van der Waals surface area (Å²) in [4.78, 5) is 41.3. The molecule has 2 heterocycles. The Morgan fingerprint density at radius 2 is 1.69 bits per heavy atom. The third-order valence-corrected chi connectivity index (χ3v) is 8.08. The third-order valence-electron chi connectivity index (χ3n) is 5.09. The van der Waals surface area contributed by atoms with Gasteiger partial charge < -0.3 is 15.1 Å². The van der Waals surface area contributed by atoms with E-state index in [2.05, 4.69) is 5.32 Å². The van der Waals surface area contributed by atoms with Crippen LogP contribution in [-0.2, 0) is 19.4 Å². The largest absolute Gasteiger partial charge is 0.339 e. The molecule has 1 atom stereocenters. The quantitative estimate of drug-likeness (QED) is 0.632. The van der Waals surface area contributed by atoms with Crippen molar-refractivity contribution in [1.82, 2.24) is 15.1 Å². The van der Waals surface area contributed by atoms with Gasteiger partial charge in [0.15, 0.2) is 0 Å². The molecule has 172 valence electrons. The molecule has 1 aromatic carbocycles. The van der Waals surface area contributed by atoms with Gasteiger partial charge in [-0.05, 0) is 42.1 Å². The first-order chi connectivity index (χ1) is 15.2. The van der Waals surface area contributed by atoms with E-state index in [0.29, 0.717) is 29.4 Å². The highest BCUT2D eigenvalue weighted by Gasteiger charge is 2.39. The van der Waals surface area contributed by atoms with Crippen LogP contribution in [-0.4, -0.2) is 67.5 Å². The van der Waals surface area contributed by atoms with Gasteiger partial charge in [0.1, 0.15) is 0 Å². The van der Waals surface area contributed by atoms with Crippen LogP contribution in [0, 0.1) is 0 Å². The second-order valence-corrected chi connectivity index (χ2v) is 10.7. The standard InChI is InChI=1S/C21H24ClN3O5S2/c1-2-4-18(26)24-10-12-25(13-11-24)21(28)20(23-19(27)17-5-3-14-31-17)32(29,30)16-8-6-15(22)7-9-16/h3,5-9,14,20H,2,4,10-13H2,1H3,(H,23,27). The summed E-state index contributed by atoms with van der Waals surface area (Å²) in [5, 5.41) is 2.64. The Bertz CT molecular complexity index is 1060. The number of nitrogens with zero attached hydrogens (tertiary/aromatic N) is 2. The summed E-state index contributed by atoms with van der Waals surface area (Å²) in [6.07, 6.45) is 1.16. The van der Waals surface area contributed by atoms with Crippen molar-refractivity contribution in [2.75, 3.05) is 26.2 Å². The fourth-order valence-electron chi connectivity index (χ4n) is 3.34. The number of rotatable bonds is 7. The highest BCUT2D eigenvalue weighted by molar-refractivity contribution is 7.92. The normalized spacial score (nSPS) is 15.3. The molecular weight excluding hydrogens is 474 g/mol. The van der Waals surface area contributed by atoms with Crippen molar-refractivity contribution in [2.24, 2.45) is 0 Å². The summed E-state index contributed by atoms with van der Waals surface area (Å²) in [5.74, 6) is -1.36. The molecule has 8 nitrogen and oxygen atoms in total. The molecule has 2 aromatic rings. The Labute approximate surface area is 196 Å². The SMILES string of the molecule is CCCC(=O)N1CCN(C(=O)C(NC(=O)c2cccs2)S(=O)(=O)c2ccc(Cl)cc2)CC1. The number of carbonyl (C=O) groups is 3. The number of nitrogens with one attached hydrogen (secondary N) is 1. The minimum atomic E-state index is -4.25. The lowest BCUT2D eigenvalue weighted by atomic mass is 10.2. The number of hydrogen-bond acceptors (Lipinski definition) is 6. The number of sulfone groups is 1. The van der Waals surface area contributed by atoms with Gasteiger partial charge >= 0.3 is 0 Å². The van der Waals surface area contributed by atoms with Crippen LogP contribution in [0.5, 0.6) is 0 Å². The third kappa shape index (κ3) is 5.48. The summed E-state index contributed by atoms with van der Waals surface area (Å²) < 4.78 is 26.6. The maximum absolute atomic E-state index is 13.3. The van der Waals surface area contributed by atoms with E-state index in [-0.39, 0.29) is 23.9 Å². The van der Waals surface area contributed by atoms with E-state index in [9.17, 15) is 22.8 Å². The van der Waals surface area contributed by atoms with Gasteiger partial charge in [-0.25, -0.2) is 8.42 Å². The summed E-state index contributed by atoms with van der Waals surface area (Å²) in [6, 6.07) is 8.64. The van der Waals surface area contributed by atoms with E-state index in [0.717, 1.165) is 17.8 Å². The molecule has 1 aliphatic rings. The van der Waals surface area contributed by atoms with Crippen molar-refractivity contribution in [1.29, 1.82) is 0 Å². The zero-order chi connectivity index (χ0) is 23.3. The van der Waals surface area contributed by atoms with Crippen molar-refractivity contribution in [3.05, 3.63) is 51.7 Å². The Kier molecular flexibility index (Phi) is 7.91. The molecular formula is C21H24ClN3O5S2. The van der Waals surface area contributed by atoms with Gasteiger partial charge in [-0.2, -0.15) is 0 Å². The molecule has 0 bridgehead atoms. The molecule has 1 N–H and O–H groups in total. The van der Waals surface area contributed by atoms with E-state index in [4.69, 9.17) is 11.6 Å². The number of carbonyl (C=O) groups excluding carboxylic acids is 3. The molecule has 1 aliphatic heterocycles. The Hall–Kier alpha value is -2.43. The molecule has 0 radical (unpaired) electrons. The van der Waals surface area contributed by atoms with Gasteiger partial charge in [-0.15, -0.1) is 11.3 Å². The van der Waals surface area contributed by atoms with E-state index in [1.165, 1.54) is 29.2 Å². The van der Waals surface area contributed by atoms with Crippen LogP contribution in [0.3, 0.4) is 0 Å². The topological polar surface area (TPSA) is 104 Å². The first kappa shape index (κ1) is 24.2. The van der Waals surface area contributed by atoms with E-state index in [1.807, 2.05) is 6.92 Å². The first-order valence-electron chi connectivity index (χ1n) is 10.1. The Morgan fingerprint density at radius 1 is 1.06 bits per heavy atom. The number of thiophene rings is 1. The van der Waals surface area contributed by atoms with Crippen molar-refractivity contribution in [3.8, 4) is 0 Å². The van der Waals surface area contributed by atoms with Crippen LogP contribution in [0.4, 0.5) is 0 Å². The number of halogens is 1. The van der Waals surface area contributed by atoms with Crippen LogP contribution >= 0.6 is 22.9 Å². The molecule has 1 aromatic heterocycles. The van der Waals surface area contributed by atoms with Crippen LogP contribution in [0.1, 0.15) is 29.4 Å². The van der Waals surface area contributed by atoms with Crippen LogP contribution in [0.2, 0.25) is 5.02 Å². The monoisotopic (exact) mass is 497 g/mol. The van der Waals surface area contributed by atoms with Crippen molar-refractivity contribution < 1.29 is 22.8 Å². The van der Waals surface area contributed by atoms with Gasteiger partial charge in [0.05, 0.1) is 9.77 Å². The van der Waals surface area contributed by atoms with E-state index >= 15 is 0 Å². The second-order valence-electron chi connectivity index (χ2n) is 7.29. The van der Waals surface area contributed by atoms with Crippen molar-refractivity contribution in [2.45, 2.75) is 30.0 Å². The molecule has 0 aliphatic carbocycles. The van der Waals surface area contributed by atoms with Crippen LogP contribution in [0.25, 0.3) is 0 Å². The lowest BCUT2D eigenvalue weighted by Gasteiger charge is -2.36. The van der Waals surface area contributed by atoms with Crippen molar-refractivity contribution in [3.63, 3.8) is 0 Å². The summed E-state index contributed by atoms with van der Waals surface area (Å²) in [7, 11) is -4.25. The average Bonchev–Trinajstić information content (AvgIpc) is 3.32. The fourth-order valence-corrected chi connectivity index (χ4v) is 5.56. The van der Waals surface area contributed by atoms with Gasteiger partial charge in [-0.1, -0.05) is 24.6 Å². The maximum atomic E-state index is 13.3. The van der Waals surface area contributed by atoms with Gasteiger partial charge in [0, 0.05) is 37.6 Å². The summed E-state index contributed by atoms with van der Waals surface area (Å²) in [6.45, 7) is 2.93. The van der Waals surface area contributed by atoms with Gasteiger partial charge in [-0.3, -0.25) is 14.4 Å². The highest BCUT2D eigenvalue weighted by Crippen LogP contribution is 2.21. The smallest absolute Gasteiger partial charge is 0.262 e. The minimum absolute atomic E-state index is 0.0101. The van der Waals surface area contributed by atoms with Gasteiger partial charge in [0.2, 0.25) is 21.1 Å². The highest BCUT2D eigenvalue weighted by atomic mass is 35.5. The van der Waals surface area contributed by atoms with E-state index in [1.54, 1.807) is 22.4 Å². The molecule has 1 unspecified atom stereocenters. The van der Waals surface area contributed by atoms with Crippen LogP contribution < -0.4 is 5.32 Å². The van der Waals surface area contributed by atoms with Gasteiger partial charge in [0.25, 0.3) is 11.8 Å². The molecule has 11 heteroatoms. The molecule has 0 spiro atoms. The number of hydrogen-bond donors (Lipinski definition) is 1. The minimum Gasteiger partial charge on any atom is -0.339 e. The van der Waals surface area contributed by atoms with Crippen molar-refractivity contribution >= 4 is 50.5 Å². The summed E-state index contributed by atoms with van der Waals surface area (Å²) in [5.41, 5.74) is 0. The average molecular weight is 498 g/mol. The molecule has 1 fully saturated rings. The summed E-state index contributed by atoms with van der Waals surface area (Å²) >= 11 is 7.01. The lowest BCUT2D eigenvalue weighted by Crippen LogP contribution is -2.57. The maximum Gasteiger partial charge on any atom is 0.262 e. The first-order valence-corrected chi connectivity index (χ1v) is 12.9. The fraction of sp³-hybridized carbons (Fsp3) is 0.381. The second kappa shape index (κ2) is 10.5. The molecule has 32 heavy (non-hydrogen) atoms. The van der Waals surface area contributed by atoms with Crippen LogP contribution in [0.15, 0.2) is 46.7 Å². The zero-order valence-corrected chi connectivity index (χ0v) is 19.9. The number of amides is 3. The predicted octanol–water partition coefficient (Wildman–Crippen LogP) is 2.40. The molecule has 0 saturated carbocycles. The molecule has 3 amide bonds. The zero-order valence-electron chi connectivity index (χ0n) is 17.5. The Balaban J connectivity index is 1.84. The Morgan fingerprint density at radius 3 is 2.25 bits per heavy atom. The number of piperazine rings is 1. The lowest BCUT2D eigenvalue weighted by molar-refractivity contribution is -0.139. The molecule has 3 rings (SSSR count). The van der Waals surface area contributed by atoms with E-state index < -0.39 is 27.0 Å². The predicted molar refractivity (Wildman–Crippen MR) is 122 cm³/mol.